The molecule has 128 valence electrons. The van der Waals surface area contributed by atoms with Crippen molar-refractivity contribution in [1.29, 1.82) is 0 Å². The summed E-state index contributed by atoms with van der Waals surface area (Å²) in [6.07, 6.45) is 0. The lowest BCUT2D eigenvalue weighted by Crippen LogP contribution is -2.25. The number of rotatable bonds is 1. The van der Waals surface area contributed by atoms with Crippen LogP contribution in [0.5, 0.6) is 0 Å². The van der Waals surface area contributed by atoms with Gasteiger partial charge in [-0.05, 0) is 36.8 Å². The predicted octanol–water partition coefficient (Wildman–Crippen LogP) is 2.39. The Labute approximate surface area is 148 Å². The second kappa shape index (κ2) is 5.52. The van der Waals surface area contributed by atoms with Gasteiger partial charge in [-0.15, -0.1) is 0 Å². The minimum absolute atomic E-state index is 0.220. The minimum Gasteiger partial charge on any atom is -0.369 e. The molecule has 0 unspecified atom stereocenters. The monoisotopic (exact) mass is 344 g/mol. The molecule has 0 atom stereocenters. The normalized spacial score (nSPS) is 14.0. The number of para-hydroxylation sites is 2. The predicted molar refractivity (Wildman–Crippen MR) is 98.9 cm³/mol. The van der Waals surface area contributed by atoms with Gasteiger partial charge in [0.15, 0.2) is 5.82 Å². The van der Waals surface area contributed by atoms with E-state index in [1.807, 2.05) is 47.9 Å². The van der Waals surface area contributed by atoms with Gasteiger partial charge in [0.2, 0.25) is 5.62 Å². The molecule has 2 aromatic carbocycles. The number of carbonyl (C=O) groups is 1. The lowest BCUT2D eigenvalue weighted by Gasteiger charge is -2.08. The van der Waals surface area contributed by atoms with Crippen LogP contribution in [0.1, 0.15) is 16.2 Å². The molecule has 0 fully saturated rings. The van der Waals surface area contributed by atoms with E-state index in [2.05, 4.69) is 31.3 Å². The van der Waals surface area contributed by atoms with E-state index in [-0.39, 0.29) is 5.82 Å². The number of aryl methyl sites for hydroxylation is 1. The number of nitrogens with zero attached hydrogens (tertiary/aromatic N) is 4. The number of hydrogen-bond acceptors (Lipinski definition) is 4. The lowest BCUT2D eigenvalue weighted by molar-refractivity contribution is 0.0988. The smallest absolute Gasteiger partial charge is 0.316 e. The maximum Gasteiger partial charge on any atom is 0.316 e. The van der Waals surface area contributed by atoms with Crippen molar-refractivity contribution in [2.45, 2.75) is 13.5 Å². The Morgan fingerprint density at radius 1 is 1.15 bits per heavy atom. The van der Waals surface area contributed by atoms with Gasteiger partial charge in [0.25, 0.3) is 0 Å². The molecule has 1 aliphatic heterocycles. The molecule has 7 nitrogen and oxygen atoms in total. The number of benzene rings is 2. The van der Waals surface area contributed by atoms with Gasteiger partial charge in [-0.25, -0.2) is 9.97 Å². The highest BCUT2D eigenvalue weighted by Gasteiger charge is 2.17. The van der Waals surface area contributed by atoms with E-state index in [9.17, 15) is 4.79 Å². The first-order valence-electron chi connectivity index (χ1n) is 8.48. The van der Waals surface area contributed by atoms with Crippen LogP contribution in [-0.4, -0.2) is 32.0 Å². The van der Waals surface area contributed by atoms with Gasteiger partial charge in [-0.1, -0.05) is 18.2 Å². The highest BCUT2D eigenvalue weighted by atomic mass is 16.1. The number of aromatic nitrogens is 4. The first-order valence-corrected chi connectivity index (χ1v) is 8.48. The average molecular weight is 344 g/mol. The van der Waals surface area contributed by atoms with Crippen LogP contribution in [0.15, 0.2) is 47.5 Å². The second-order valence-electron chi connectivity index (χ2n) is 6.38. The van der Waals surface area contributed by atoms with Crippen LogP contribution in [0, 0.1) is 6.92 Å². The Morgan fingerprint density at radius 2 is 2.04 bits per heavy atom. The summed E-state index contributed by atoms with van der Waals surface area (Å²) in [5.41, 5.74) is 3.89. The molecule has 1 amide bonds. The molecule has 2 N–H and O–H groups in total. The topological polar surface area (TPSA) is 88.0 Å². The third-order valence-electron chi connectivity index (χ3n) is 4.56. The summed E-state index contributed by atoms with van der Waals surface area (Å²) in [4.78, 5) is 28.9. The van der Waals surface area contributed by atoms with Crippen LogP contribution < -0.4 is 10.9 Å². The molecule has 26 heavy (non-hydrogen) atoms. The molecule has 4 aromatic rings. The average Bonchev–Trinajstić information content (AvgIpc) is 3.28. The van der Waals surface area contributed by atoms with E-state index in [0.717, 1.165) is 46.4 Å². The SMILES string of the molecule is Cc1ccc2c3n(c(=NC(=O)c4nc5ccccc5[nH]4)nc2c1)CCN3. The number of aromatic amines is 1. The standard InChI is InChI=1S/C19H16N6O/c1-11-6-7-12-15(10-11)23-19(25-9-8-20-17(12)25)24-18(26)16-21-13-4-2-3-5-14(13)22-16/h2-7,10,20H,8-9H2,1H3,(H,21,22). The van der Waals surface area contributed by atoms with E-state index in [0.29, 0.717) is 5.62 Å². The number of anilines is 1. The number of carbonyl (C=O) groups excluding carboxylic acids is 1. The summed E-state index contributed by atoms with van der Waals surface area (Å²) in [6, 6.07) is 13.6. The molecule has 0 saturated heterocycles. The summed E-state index contributed by atoms with van der Waals surface area (Å²) in [7, 11) is 0. The minimum atomic E-state index is -0.428. The van der Waals surface area contributed by atoms with Crippen LogP contribution in [0.25, 0.3) is 21.9 Å². The van der Waals surface area contributed by atoms with Crippen LogP contribution >= 0.6 is 0 Å². The number of amides is 1. The van der Waals surface area contributed by atoms with Crippen LogP contribution in [0.2, 0.25) is 0 Å². The van der Waals surface area contributed by atoms with Gasteiger partial charge in [-0.2, -0.15) is 4.99 Å². The Morgan fingerprint density at radius 3 is 2.92 bits per heavy atom. The third-order valence-corrected chi connectivity index (χ3v) is 4.56. The van der Waals surface area contributed by atoms with Crippen molar-refractivity contribution in [1.82, 2.24) is 19.5 Å². The van der Waals surface area contributed by atoms with Crippen molar-refractivity contribution in [2.24, 2.45) is 4.99 Å². The van der Waals surface area contributed by atoms with E-state index in [1.165, 1.54) is 0 Å². The van der Waals surface area contributed by atoms with E-state index in [4.69, 9.17) is 0 Å². The van der Waals surface area contributed by atoms with E-state index < -0.39 is 5.91 Å². The zero-order valence-corrected chi connectivity index (χ0v) is 14.2. The molecule has 0 spiro atoms. The molecule has 0 radical (unpaired) electrons. The summed E-state index contributed by atoms with van der Waals surface area (Å²) in [5.74, 6) is 0.742. The fourth-order valence-electron chi connectivity index (χ4n) is 3.32. The first-order chi connectivity index (χ1) is 12.7. The molecular weight excluding hydrogens is 328 g/mol. The summed E-state index contributed by atoms with van der Waals surface area (Å²) in [5, 5.41) is 4.40. The van der Waals surface area contributed by atoms with Gasteiger partial charge in [-0.3, -0.25) is 9.36 Å². The summed E-state index contributed by atoms with van der Waals surface area (Å²) in [6.45, 7) is 3.53. The zero-order chi connectivity index (χ0) is 17.7. The molecule has 2 aromatic heterocycles. The molecule has 3 heterocycles. The number of H-pyrrole nitrogens is 1. The van der Waals surface area contributed by atoms with Gasteiger partial charge in [0.05, 0.1) is 16.6 Å². The number of imidazole rings is 1. The van der Waals surface area contributed by atoms with Gasteiger partial charge < -0.3 is 10.3 Å². The highest BCUT2D eigenvalue weighted by Crippen LogP contribution is 2.23. The largest absolute Gasteiger partial charge is 0.369 e. The van der Waals surface area contributed by atoms with Crippen LogP contribution in [0.4, 0.5) is 5.82 Å². The fourth-order valence-corrected chi connectivity index (χ4v) is 3.32. The molecule has 0 aliphatic carbocycles. The van der Waals surface area contributed by atoms with Crippen molar-refractivity contribution in [3.63, 3.8) is 0 Å². The van der Waals surface area contributed by atoms with Crippen molar-refractivity contribution in [3.05, 3.63) is 59.5 Å². The lowest BCUT2D eigenvalue weighted by atomic mass is 10.1. The van der Waals surface area contributed by atoms with E-state index in [1.54, 1.807) is 0 Å². The van der Waals surface area contributed by atoms with E-state index >= 15 is 0 Å². The molecule has 7 heteroatoms. The third kappa shape index (κ3) is 2.28. The quantitative estimate of drug-likeness (QED) is 0.555. The Kier molecular flexibility index (Phi) is 3.15. The van der Waals surface area contributed by atoms with Crippen LogP contribution in [-0.2, 0) is 6.54 Å². The fraction of sp³-hybridized carbons (Fsp3) is 0.158. The second-order valence-corrected chi connectivity index (χ2v) is 6.38. The Balaban J connectivity index is 1.69. The molecular formula is C19H16N6O. The zero-order valence-electron chi connectivity index (χ0n) is 14.2. The molecule has 1 aliphatic rings. The molecule has 0 bridgehead atoms. The number of fused-ring (bicyclic) bond motifs is 4. The van der Waals surface area contributed by atoms with Gasteiger partial charge in [0, 0.05) is 18.5 Å². The number of hydrogen-bond donors (Lipinski definition) is 2. The molecule has 0 saturated carbocycles. The first kappa shape index (κ1) is 14.8. The van der Waals surface area contributed by atoms with Crippen LogP contribution in [0.3, 0.4) is 0 Å². The van der Waals surface area contributed by atoms with Crippen molar-refractivity contribution in [3.8, 4) is 0 Å². The molecule has 5 rings (SSSR count). The highest BCUT2D eigenvalue weighted by molar-refractivity contribution is 5.95. The van der Waals surface area contributed by atoms with Crippen molar-refractivity contribution < 1.29 is 4.79 Å². The Bertz CT molecular complexity index is 1220. The maximum absolute atomic E-state index is 12.7. The summed E-state index contributed by atoms with van der Waals surface area (Å²) < 4.78 is 1.94. The maximum atomic E-state index is 12.7. The summed E-state index contributed by atoms with van der Waals surface area (Å²) >= 11 is 0. The number of nitrogens with one attached hydrogen (secondary N) is 2. The van der Waals surface area contributed by atoms with Crippen molar-refractivity contribution in [2.75, 3.05) is 11.9 Å². The van der Waals surface area contributed by atoms with Gasteiger partial charge in [0.1, 0.15) is 5.82 Å². The van der Waals surface area contributed by atoms with Gasteiger partial charge >= 0.3 is 5.91 Å². The Hall–Kier alpha value is -3.48. The van der Waals surface area contributed by atoms with Crippen molar-refractivity contribution >= 4 is 33.7 Å².